The number of nitrogens with two attached hydrogens (primary N) is 1. The van der Waals surface area contributed by atoms with E-state index >= 15 is 0 Å². The first-order chi connectivity index (χ1) is 7.24. The molecule has 1 fully saturated rings. The molecule has 0 radical (unpaired) electrons. The molecule has 0 aromatic rings. The highest BCUT2D eigenvalue weighted by Gasteiger charge is 2.18. The molecule has 1 aliphatic rings. The van der Waals surface area contributed by atoms with Gasteiger partial charge in [-0.1, -0.05) is 0 Å². The molecule has 0 amide bonds. The van der Waals surface area contributed by atoms with Crippen LogP contribution in [-0.2, 0) is 14.3 Å². The second kappa shape index (κ2) is 7.09. The molecule has 2 unspecified atom stereocenters. The van der Waals surface area contributed by atoms with Gasteiger partial charge in [-0.2, -0.15) is 11.8 Å². The maximum atomic E-state index is 11.2. The fraction of sp³-hybridized carbons (Fsp3) is 0.900. The van der Waals surface area contributed by atoms with Gasteiger partial charge < -0.3 is 15.2 Å². The minimum absolute atomic E-state index is 0.298. The maximum absolute atomic E-state index is 11.2. The number of ether oxygens (including phenoxy) is 2. The van der Waals surface area contributed by atoms with Crippen molar-refractivity contribution in [3.8, 4) is 0 Å². The van der Waals surface area contributed by atoms with Gasteiger partial charge >= 0.3 is 5.97 Å². The molecule has 0 bridgehead atoms. The fourth-order valence-electron chi connectivity index (χ4n) is 1.39. The van der Waals surface area contributed by atoms with Crippen molar-refractivity contribution >= 4 is 17.7 Å². The summed E-state index contributed by atoms with van der Waals surface area (Å²) in [6.45, 7) is 3.90. The predicted molar refractivity (Wildman–Crippen MR) is 60.9 cm³/mol. The Bertz CT molecular complexity index is 195. The van der Waals surface area contributed by atoms with E-state index in [1.807, 2.05) is 0 Å². The van der Waals surface area contributed by atoms with Crippen molar-refractivity contribution in [3.63, 3.8) is 0 Å². The molecular formula is C10H19NO3S. The smallest absolute Gasteiger partial charge is 0.323 e. The Morgan fingerprint density at radius 1 is 1.73 bits per heavy atom. The Labute approximate surface area is 94.9 Å². The highest BCUT2D eigenvalue weighted by Crippen LogP contribution is 2.18. The van der Waals surface area contributed by atoms with Gasteiger partial charge in [0.25, 0.3) is 0 Å². The lowest BCUT2D eigenvalue weighted by molar-refractivity contribution is -0.144. The molecule has 88 valence electrons. The van der Waals surface area contributed by atoms with Crippen molar-refractivity contribution in [2.24, 2.45) is 11.7 Å². The summed E-state index contributed by atoms with van der Waals surface area (Å²) >= 11 is 1.71. The second-order valence-corrected chi connectivity index (χ2v) is 4.70. The number of rotatable bonds is 6. The van der Waals surface area contributed by atoms with Crippen LogP contribution >= 0.6 is 11.8 Å². The van der Waals surface area contributed by atoms with E-state index in [-0.39, 0.29) is 5.97 Å². The van der Waals surface area contributed by atoms with Crippen LogP contribution in [0.25, 0.3) is 0 Å². The number of thioether (sulfide) groups is 1. The zero-order valence-corrected chi connectivity index (χ0v) is 9.92. The lowest BCUT2D eigenvalue weighted by atomic mass is 10.2. The average molecular weight is 233 g/mol. The van der Waals surface area contributed by atoms with E-state index in [1.54, 1.807) is 18.7 Å². The Morgan fingerprint density at radius 3 is 3.13 bits per heavy atom. The highest BCUT2D eigenvalue weighted by atomic mass is 32.2. The van der Waals surface area contributed by atoms with Gasteiger partial charge in [0, 0.05) is 12.4 Å². The van der Waals surface area contributed by atoms with Crippen LogP contribution in [0, 0.1) is 5.92 Å². The zero-order valence-electron chi connectivity index (χ0n) is 9.11. The molecule has 1 rings (SSSR count). The molecule has 2 N–H and O–H groups in total. The van der Waals surface area contributed by atoms with Crippen LogP contribution in [-0.4, -0.2) is 43.3 Å². The van der Waals surface area contributed by atoms with E-state index in [0.29, 0.717) is 18.3 Å². The molecule has 5 heteroatoms. The highest BCUT2D eigenvalue weighted by molar-refractivity contribution is 7.99. The van der Waals surface area contributed by atoms with E-state index in [4.69, 9.17) is 15.2 Å². The molecule has 1 saturated heterocycles. The van der Waals surface area contributed by atoms with Crippen molar-refractivity contribution in [2.75, 3.05) is 31.3 Å². The van der Waals surface area contributed by atoms with Gasteiger partial charge in [-0.25, -0.2) is 0 Å². The van der Waals surface area contributed by atoms with Crippen LogP contribution in [0.4, 0.5) is 0 Å². The first-order valence-electron chi connectivity index (χ1n) is 5.31. The molecule has 15 heavy (non-hydrogen) atoms. The Balaban J connectivity index is 2.05. The molecular weight excluding hydrogens is 214 g/mol. The van der Waals surface area contributed by atoms with E-state index in [1.165, 1.54) is 0 Å². The monoisotopic (exact) mass is 233 g/mol. The van der Waals surface area contributed by atoms with Crippen LogP contribution in [0.5, 0.6) is 0 Å². The number of carbonyl (C=O) groups is 1. The Kier molecular flexibility index (Phi) is 6.05. The summed E-state index contributed by atoms with van der Waals surface area (Å²) < 4.78 is 10.1. The predicted octanol–water partition coefficient (Wildman–Crippen LogP) is 0.646. The van der Waals surface area contributed by atoms with Crippen molar-refractivity contribution < 1.29 is 14.3 Å². The molecule has 4 nitrogen and oxygen atoms in total. The summed E-state index contributed by atoms with van der Waals surface area (Å²) in [4.78, 5) is 11.2. The van der Waals surface area contributed by atoms with Crippen molar-refractivity contribution in [1.29, 1.82) is 0 Å². The first kappa shape index (κ1) is 12.8. The SMILES string of the molecule is CCOC(=O)C(N)CSCC1CCOC1. The quantitative estimate of drug-likeness (QED) is 0.682. The maximum Gasteiger partial charge on any atom is 0.323 e. The van der Waals surface area contributed by atoms with Crippen LogP contribution in [0.1, 0.15) is 13.3 Å². The molecule has 0 aromatic heterocycles. The minimum Gasteiger partial charge on any atom is -0.465 e. The van der Waals surface area contributed by atoms with E-state index in [2.05, 4.69) is 0 Å². The second-order valence-electron chi connectivity index (χ2n) is 3.63. The molecule has 1 heterocycles. The summed E-state index contributed by atoms with van der Waals surface area (Å²) in [5.41, 5.74) is 5.66. The lowest BCUT2D eigenvalue weighted by Crippen LogP contribution is -2.34. The van der Waals surface area contributed by atoms with Crippen molar-refractivity contribution in [3.05, 3.63) is 0 Å². The summed E-state index contributed by atoms with van der Waals surface area (Å²) in [5.74, 6) is 1.99. The molecule has 2 atom stereocenters. The van der Waals surface area contributed by atoms with E-state index in [9.17, 15) is 4.79 Å². The topological polar surface area (TPSA) is 61.5 Å². The van der Waals surface area contributed by atoms with Crippen molar-refractivity contribution in [1.82, 2.24) is 0 Å². The summed E-state index contributed by atoms with van der Waals surface area (Å²) in [6, 6.07) is -0.489. The van der Waals surface area contributed by atoms with Crippen molar-refractivity contribution in [2.45, 2.75) is 19.4 Å². The van der Waals surface area contributed by atoms with Crippen LogP contribution in [0.15, 0.2) is 0 Å². The van der Waals surface area contributed by atoms with Gasteiger partial charge in [-0.05, 0) is 25.0 Å². The lowest BCUT2D eigenvalue weighted by Gasteiger charge is -2.11. The van der Waals surface area contributed by atoms with Gasteiger partial charge in [0.1, 0.15) is 6.04 Å². The molecule has 0 aromatic carbocycles. The first-order valence-corrected chi connectivity index (χ1v) is 6.47. The van der Waals surface area contributed by atoms with E-state index in [0.717, 1.165) is 25.4 Å². The average Bonchev–Trinajstić information content (AvgIpc) is 2.71. The van der Waals surface area contributed by atoms with Gasteiger partial charge in [0.2, 0.25) is 0 Å². The van der Waals surface area contributed by atoms with Gasteiger partial charge in [0.05, 0.1) is 13.2 Å². The third-order valence-electron chi connectivity index (χ3n) is 2.26. The minimum atomic E-state index is -0.489. The summed E-state index contributed by atoms with van der Waals surface area (Å²) in [5, 5.41) is 0. The Hall–Kier alpha value is -0.260. The van der Waals surface area contributed by atoms with Gasteiger partial charge in [0.15, 0.2) is 0 Å². The fourth-order valence-corrected chi connectivity index (χ4v) is 2.52. The number of esters is 1. The number of hydrogen-bond donors (Lipinski definition) is 1. The largest absolute Gasteiger partial charge is 0.465 e. The van der Waals surface area contributed by atoms with E-state index < -0.39 is 6.04 Å². The molecule has 0 spiro atoms. The molecule has 1 aliphatic heterocycles. The van der Waals surface area contributed by atoms with Crippen LogP contribution < -0.4 is 5.73 Å². The third-order valence-corrected chi connectivity index (χ3v) is 3.57. The molecule has 0 aliphatic carbocycles. The third kappa shape index (κ3) is 4.86. The number of carbonyl (C=O) groups excluding carboxylic acids is 1. The normalized spacial score (nSPS) is 22.7. The van der Waals surface area contributed by atoms with Gasteiger partial charge in [-0.15, -0.1) is 0 Å². The van der Waals surface area contributed by atoms with Crippen LogP contribution in [0.3, 0.4) is 0 Å². The molecule has 0 saturated carbocycles. The number of hydrogen-bond acceptors (Lipinski definition) is 5. The summed E-state index contributed by atoms with van der Waals surface area (Å²) in [6.07, 6.45) is 1.13. The standard InChI is InChI=1S/C10H19NO3S/c1-2-14-10(12)9(11)7-15-6-8-3-4-13-5-8/h8-9H,2-7,11H2,1H3. The Morgan fingerprint density at radius 2 is 2.53 bits per heavy atom. The summed E-state index contributed by atoms with van der Waals surface area (Å²) in [7, 11) is 0. The van der Waals surface area contributed by atoms with Gasteiger partial charge in [-0.3, -0.25) is 4.79 Å². The van der Waals surface area contributed by atoms with Crippen LogP contribution in [0.2, 0.25) is 0 Å². The zero-order chi connectivity index (χ0) is 11.1.